The predicted molar refractivity (Wildman–Crippen MR) is 78.9 cm³/mol. The number of methoxy groups -OCH3 is 1. The summed E-state index contributed by atoms with van der Waals surface area (Å²) < 4.78 is 6.01. The third kappa shape index (κ3) is 3.71. The van der Waals surface area contributed by atoms with Crippen LogP contribution in [-0.4, -0.2) is 25.8 Å². The van der Waals surface area contributed by atoms with Crippen LogP contribution < -0.4 is 5.32 Å². The van der Waals surface area contributed by atoms with E-state index in [2.05, 4.69) is 40.1 Å². The van der Waals surface area contributed by atoms with Crippen molar-refractivity contribution in [2.75, 3.05) is 14.2 Å². The largest absolute Gasteiger partial charge is 0.377 e. The van der Waals surface area contributed by atoms with Crippen molar-refractivity contribution in [3.63, 3.8) is 0 Å². The molecule has 2 heteroatoms. The van der Waals surface area contributed by atoms with Crippen molar-refractivity contribution in [3.8, 4) is 0 Å². The zero-order valence-corrected chi connectivity index (χ0v) is 13.3. The number of nitrogens with one attached hydrogen (secondary N) is 1. The van der Waals surface area contributed by atoms with E-state index in [4.69, 9.17) is 4.74 Å². The third-order valence-corrected chi connectivity index (χ3v) is 5.17. The molecule has 1 aliphatic rings. The Kier molecular flexibility index (Phi) is 5.67. The summed E-state index contributed by atoms with van der Waals surface area (Å²) in [6.45, 7) is 9.40. The van der Waals surface area contributed by atoms with Crippen molar-refractivity contribution < 1.29 is 4.74 Å². The molecule has 1 rings (SSSR count). The van der Waals surface area contributed by atoms with E-state index in [1.807, 2.05) is 7.11 Å². The first-order valence-corrected chi connectivity index (χ1v) is 7.61. The van der Waals surface area contributed by atoms with E-state index in [-0.39, 0.29) is 5.60 Å². The van der Waals surface area contributed by atoms with Gasteiger partial charge in [-0.25, -0.2) is 0 Å². The van der Waals surface area contributed by atoms with E-state index in [1.54, 1.807) is 0 Å². The van der Waals surface area contributed by atoms with E-state index in [9.17, 15) is 0 Å². The standard InChI is InChI=1S/C16H33NO/c1-7-13(2)12-14(17-5)16(18-6)10-8-15(3,4)9-11-16/h13-14,17H,7-12H2,1-6H3. The zero-order valence-electron chi connectivity index (χ0n) is 13.3. The fraction of sp³-hybridized carbons (Fsp3) is 1.00. The van der Waals surface area contributed by atoms with Crippen LogP contribution in [0.2, 0.25) is 0 Å². The highest BCUT2D eigenvalue weighted by Crippen LogP contribution is 2.44. The summed E-state index contributed by atoms with van der Waals surface area (Å²) in [7, 11) is 3.99. The van der Waals surface area contributed by atoms with Gasteiger partial charge < -0.3 is 10.1 Å². The second-order valence-corrected chi connectivity index (χ2v) is 7.02. The van der Waals surface area contributed by atoms with E-state index in [0.717, 1.165) is 5.92 Å². The van der Waals surface area contributed by atoms with Crippen LogP contribution in [0.5, 0.6) is 0 Å². The van der Waals surface area contributed by atoms with Crippen LogP contribution in [0.4, 0.5) is 0 Å². The molecule has 2 nitrogen and oxygen atoms in total. The van der Waals surface area contributed by atoms with Crippen molar-refractivity contribution in [2.45, 2.75) is 77.9 Å². The average Bonchev–Trinajstić information content (AvgIpc) is 2.36. The first kappa shape index (κ1) is 16.0. The van der Waals surface area contributed by atoms with Crippen molar-refractivity contribution in [1.29, 1.82) is 0 Å². The molecule has 2 unspecified atom stereocenters. The first-order chi connectivity index (χ1) is 8.39. The summed E-state index contributed by atoms with van der Waals surface area (Å²) in [5.41, 5.74) is 0.560. The van der Waals surface area contributed by atoms with Crippen molar-refractivity contribution >= 4 is 0 Å². The van der Waals surface area contributed by atoms with Crippen LogP contribution in [0.15, 0.2) is 0 Å². The van der Waals surface area contributed by atoms with Gasteiger partial charge in [-0.1, -0.05) is 34.1 Å². The Hall–Kier alpha value is -0.0800. The van der Waals surface area contributed by atoms with Gasteiger partial charge in [-0.3, -0.25) is 0 Å². The summed E-state index contributed by atoms with van der Waals surface area (Å²) in [6.07, 6.45) is 7.42. The maximum absolute atomic E-state index is 6.01. The summed E-state index contributed by atoms with van der Waals surface area (Å²) in [5.74, 6) is 0.768. The quantitative estimate of drug-likeness (QED) is 0.774. The topological polar surface area (TPSA) is 21.3 Å². The highest BCUT2D eigenvalue weighted by atomic mass is 16.5. The Labute approximate surface area is 114 Å². The summed E-state index contributed by atoms with van der Waals surface area (Å²) >= 11 is 0. The van der Waals surface area contributed by atoms with E-state index in [1.165, 1.54) is 38.5 Å². The summed E-state index contributed by atoms with van der Waals surface area (Å²) in [4.78, 5) is 0. The Balaban J connectivity index is 2.73. The molecule has 0 spiro atoms. The molecule has 0 aliphatic heterocycles. The molecule has 1 aliphatic carbocycles. The molecule has 18 heavy (non-hydrogen) atoms. The van der Waals surface area contributed by atoms with Gasteiger partial charge in [0.25, 0.3) is 0 Å². The molecule has 0 aromatic rings. The maximum atomic E-state index is 6.01. The van der Waals surface area contributed by atoms with Gasteiger partial charge in [0, 0.05) is 13.2 Å². The van der Waals surface area contributed by atoms with E-state index in [0.29, 0.717) is 11.5 Å². The van der Waals surface area contributed by atoms with Gasteiger partial charge >= 0.3 is 0 Å². The second kappa shape index (κ2) is 6.38. The van der Waals surface area contributed by atoms with Gasteiger partial charge in [0.2, 0.25) is 0 Å². The van der Waals surface area contributed by atoms with Crippen LogP contribution in [-0.2, 0) is 4.74 Å². The minimum Gasteiger partial charge on any atom is -0.377 e. The molecule has 0 aromatic heterocycles. The first-order valence-electron chi connectivity index (χ1n) is 7.61. The minimum absolute atomic E-state index is 0.0632. The molecule has 0 amide bonds. The van der Waals surface area contributed by atoms with Crippen LogP contribution in [0.1, 0.15) is 66.2 Å². The lowest BCUT2D eigenvalue weighted by Gasteiger charge is -2.47. The Morgan fingerprint density at radius 3 is 2.11 bits per heavy atom. The monoisotopic (exact) mass is 255 g/mol. The Morgan fingerprint density at radius 2 is 1.72 bits per heavy atom. The van der Waals surface area contributed by atoms with Crippen LogP contribution in [0.25, 0.3) is 0 Å². The predicted octanol–water partition coefficient (Wildman–Crippen LogP) is 4.00. The normalized spacial score (nSPS) is 25.7. The molecule has 2 atom stereocenters. The average molecular weight is 255 g/mol. The number of rotatable bonds is 6. The van der Waals surface area contributed by atoms with E-state index >= 15 is 0 Å². The highest BCUT2D eigenvalue weighted by molar-refractivity contribution is 4.98. The highest BCUT2D eigenvalue weighted by Gasteiger charge is 2.43. The van der Waals surface area contributed by atoms with E-state index < -0.39 is 0 Å². The molecule has 1 N–H and O–H groups in total. The molecule has 0 radical (unpaired) electrons. The van der Waals surface area contributed by atoms with Gasteiger partial charge in [-0.2, -0.15) is 0 Å². The van der Waals surface area contributed by atoms with Crippen LogP contribution in [0.3, 0.4) is 0 Å². The molecule has 1 saturated carbocycles. The van der Waals surface area contributed by atoms with Gasteiger partial charge in [-0.15, -0.1) is 0 Å². The van der Waals surface area contributed by atoms with Gasteiger partial charge in [0.15, 0.2) is 0 Å². The molecular formula is C16H33NO. The molecule has 0 bridgehead atoms. The Morgan fingerprint density at radius 1 is 1.17 bits per heavy atom. The van der Waals surface area contributed by atoms with Crippen LogP contribution >= 0.6 is 0 Å². The van der Waals surface area contributed by atoms with Gasteiger partial charge in [-0.05, 0) is 50.5 Å². The zero-order chi connectivity index (χ0) is 13.8. The Bertz CT molecular complexity index is 239. The van der Waals surface area contributed by atoms with Crippen LogP contribution in [0, 0.1) is 11.3 Å². The number of ether oxygens (including phenoxy) is 1. The summed E-state index contributed by atoms with van der Waals surface area (Å²) in [5, 5.41) is 3.53. The second-order valence-electron chi connectivity index (χ2n) is 7.02. The fourth-order valence-electron chi connectivity index (χ4n) is 3.21. The van der Waals surface area contributed by atoms with Crippen molar-refractivity contribution in [2.24, 2.45) is 11.3 Å². The van der Waals surface area contributed by atoms with Crippen molar-refractivity contribution in [1.82, 2.24) is 5.32 Å². The van der Waals surface area contributed by atoms with Crippen molar-refractivity contribution in [3.05, 3.63) is 0 Å². The molecule has 1 fully saturated rings. The lowest BCUT2D eigenvalue weighted by molar-refractivity contribution is -0.0889. The fourth-order valence-corrected chi connectivity index (χ4v) is 3.21. The number of likely N-dealkylation sites (N-methyl/N-ethyl adjacent to an activating group) is 1. The number of hydrogen-bond donors (Lipinski definition) is 1. The maximum Gasteiger partial charge on any atom is 0.0831 e. The lowest BCUT2D eigenvalue weighted by atomic mass is 9.67. The molecule has 0 heterocycles. The minimum atomic E-state index is 0.0632. The molecule has 108 valence electrons. The molecule has 0 saturated heterocycles. The third-order valence-electron chi connectivity index (χ3n) is 5.17. The number of hydrogen-bond acceptors (Lipinski definition) is 2. The smallest absolute Gasteiger partial charge is 0.0831 e. The van der Waals surface area contributed by atoms with Gasteiger partial charge in [0.05, 0.1) is 5.60 Å². The lowest BCUT2D eigenvalue weighted by Crippen LogP contribution is -2.54. The summed E-state index contributed by atoms with van der Waals surface area (Å²) in [6, 6.07) is 0.494. The SMILES string of the molecule is CCC(C)CC(NC)C1(OC)CCC(C)(C)CC1. The molecule has 0 aromatic carbocycles. The molecular weight excluding hydrogens is 222 g/mol. The van der Waals surface area contributed by atoms with Gasteiger partial charge in [0.1, 0.15) is 0 Å².